The molecular formula is C14H31N2O7S2+. The SMILES string of the molecule is C[N+](CCCN1CCOCC1)(CCCS(=O)(=O)O)CCCS(=O)(=O)O. The second kappa shape index (κ2) is 10.1. The molecule has 0 radical (unpaired) electrons. The van der Waals surface area contributed by atoms with E-state index < -0.39 is 20.2 Å². The van der Waals surface area contributed by atoms with Crippen LogP contribution in [-0.4, -0.2) is 106 Å². The van der Waals surface area contributed by atoms with E-state index in [0.717, 1.165) is 45.8 Å². The minimum atomic E-state index is -4.00. The largest absolute Gasteiger partial charge is 0.379 e. The Bertz CT molecular complexity index is 548. The summed E-state index contributed by atoms with van der Waals surface area (Å²) in [6.45, 7) is 5.99. The number of morpholine rings is 1. The number of ether oxygens (including phenoxy) is 1. The predicted molar refractivity (Wildman–Crippen MR) is 94.7 cm³/mol. The van der Waals surface area contributed by atoms with Gasteiger partial charge in [-0.2, -0.15) is 16.8 Å². The molecule has 0 amide bonds. The van der Waals surface area contributed by atoms with Crippen LogP contribution in [0.2, 0.25) is 0 Å². The van der Waals surface area contributed by atoms with Gasteiger partial charge in [-0.05, 0) is 0 Å². The topological polar surface area (TPSA) is 121 Å². The maximum Gasteiger partial charge on any atom is 0.265 e. The lowest BCUT2D eigenvalue weighted by atomic mass is 10.2. The van der Waals surface area contributed by atoms with Crippen LogP contribution in [0.25, 0.3) is 0 Å². The van der Waals surface area contributed by atoms with Gasteiger partial charge in [-0.25, -0.2) is 0 Å². The highest BCUT2D eigenvalue weighted by atomic mass is 32.2. The van der Waals surface area contributed by atoms with Crippen molar-refractivity contribution in [2.45, 2.75) is 19.3 Å². The lowest BCUT2D eigenvalue weighted by Gasteiger charge is -2.36. The molecule has 0 aromatic heterocycles. The van der Waals surface area contributed by atoms with Gasteiger partial charge in [0.2, 0.25) is 0 Å². The number of hydrogen-bond donors (Lipinski definition) is 2. The summed E-state index contributed by atoms with van der Waals surface area (Å²) in [5.74, 6) is -0.606. The molecule has 1 aliphatic heterocycles. The highest BCUT2D eigenvalue weighted by Crippen LogP contribution is 2.10. The summed E-state index contributed by atoms with van der Waals surface area (Å²) >= 11 is 0. The van der Waals surface area contributed by atoms with E-state index in [1.165, 1.54) is 0 Å². The van der Waals surface area contributed by atoms with Crippen LogP contribution in [0.3, 0.4) is 0 Å². The summed E-state index contributed by atoms with van der Waals surface area (Å²) in [4.78, 5) is 2.31. The summed E-state index contributed by atoms with van der Waals surface area (Å²) in [6.07, 6.45) is 1.51. The van der Waals surface area contributed by atoms with Crippen molar-refractivity contribution in [1.29, 1.82) is 0 Å². The normalized spacial score (nSPS) is 17.7. The zero-order valence-corrected chi connectivity index (χ0v) is 16.5. The van der Waals surface area contributed by atoms with Gasteiger partial charge < -0.3 is 9.22 Å². The molecule has 0 aliphatic carbocycles. The number of nitrogens with zero attached hydrogens (tertiary/aromatic N) is 2. The summed E-state index contributed by atoms with van der Waals surface area (Å²) in [7, 11) is -6.04. The minimum Gasteiger partial charge on any atom is -0.379 e. The Balaban J connectivity index is 2.49. The molecule has 0 spiro atoms. The van der Waals surface area contributed by atoms with Crippen LogP contribution in [0.15, 0.2) is 0 Å². The highest BCUT2D eigenvalue weighted by Gasteiger charge is 2.23. The first kappa shape index (κ1) is 22.7. The van der Waals surface area contributed by atoms with Crippen LogP contribution in [0, 0.1) is 0 Å². The summed E-state index contributed by atoms with van der Waals surface area (Å²) in [5, 5.41) is 0. The van der Waals surface area contributed by atoms with E-state index in [9.17, 15) is 16.8 Å². The standard InChI is InChI=1S/C14H30N2O7S2/c1-16(9-3-13-24(17,18)19,10-4-14-25(20,21)22)8-2-5-15-6-11-23-12-7-15/h2-14H2,1H3,(H-,17,18,19,20,21,22)/p+1. The maximum absolute atomic E-state index is 10.9. The van der Waals surface area contributed by atoms with Crippen molar-refractivity contribution in [3.05, 3.63) is 0 Å². The fourth-order valence-corrected chi connectivity index (χ4v) is 4.08. The molecule has 0 saturated carbocycles. The Hall–Kier alpha value is -0.300. The number of quaternary nitrogens is 1. The van der Waals surface area contributed by atoms with Crippen molar-refractivity contribution in [3.8, 4) is 0 Å². The predicted octanol–water partition coefficient (Wildman–Crippen LogP) is -0.289. The summed E-state index contributed by atoms with van der Waals surface area (Å²) in [5.41, 5.74) is 0. The van der Waals surface area contributed by atoms with E-state index in [-0.39, 0.29) is 11.5 Å². The molecule has 1 aliphatic rings. The first-order chi connectivity index (χ1) is 11.5. The number of hydrogen-bond acceptors (Lipinski definition) is 6. The van der Waals surface area contributed by atoms with Crippen LogP contribution < -0.4 is 0 Å². The molecule has 0 unspecified atom stereocenters. The minimum absolute atomic E-state index is 0.303. The second-order valence-electron chi connectivity index (χ2n) is 6.88. The lowest BCUT2D eigenvalue weighted by Crippen LogP contribution is -2.48. The van der Waals surface area contributed by atoms with Crippen LogP contribution >= 0.6 is 0 Å². The average molecular weight is 404 g/mol. The van der Waals surface area contributed by atoms with Crippen LogP contribution in [0.5, 0.6) is 0 Å². The van der Waals surface area contributed by atoms with Crippen molar-refractivity contribution in [1.82, 2.24) is 4.90 Å². The van der Waals surface area contributed by atoms with E-state index in [1.54, 1.807) is 0 Å². The zero-order chi connectivity index (χ0) is 19.0. The molecule has 1 heterocycles. The third-order valence-electron chi connectivity index (χ3n) is 4.48. The molecule has 0 bridgehead atoms. The van der Waals surface area contributed by atoms with E-state index in [1.807, 2.05) is 7.05 Å². The van der Waals surface area contributed by atoms with Gasteiger partial charge in [-0.15, -0.1) is 0 Å². The highest BCUT2D eigenvalue weighted by molar-refractivity contribution is 7.86. The Morgan fingerprint density at radius 1 is 0.880 bits per heavy atom. The van der Waals surface area contributed by atoms with Crippen molar-refractivity contribution >= 4 is 20.2 Å². The molecule has 0 aromatic carbocycles. The van der Waals surface area contributed by atoms with Crippen molar-refractivity contribution in [2.75, 3.05) is 71.0 Å². The Morgan fingerprint density at radius 3 is 1.76 bits per heavy atom. The molecule has 11 heteroatoms. The lowest BCUT2D eigenvalue weighted by molar-refractivity contribution is -0.909. The van der Waals surface area contributed by atoms with E-state index in [0.29, 0.717) is 30.4 Å². The van der Waals surface area contributed by atoms with Crippen LogP contribution in [-0.2, 0) is 25.0 Å². The molecular weight excluding hydrogens is 372 g/mol. The molecule has 2 N–H and O–H groups in total. The van der Waals surface area contributed by atoms with E-state index in [2.05, 4.69) is 4.90 Å². The third-order valence-corrected chi connectivity index (χ3v) is 6.09. The van der Waals surface area contributed by atoms with Gasteiger partial charge in [-0.1, -0.05) is 0 Å². The number of rotatable bonds is 12. The van der Waals surface area contributed by atoms with E-state index >= 15 is 0 Å². The first-order valence-corrected chi connectivity index (χ1v) is 11.7. The Kier molecular flexibility index (Phi) is 9.23. The van der Waals surface area contributed by atoms with E-state index in [4.69, 9.17) is 13.8 Å². The van der Waals surface area contributed by atoms with Gasteiger partial charge in [0.1, 0.15) is 0 Å². The van der Waals surface area contributed by atoms with Crippen molar-refractivity contribution in [3.63, 3.8) is 0 Å². The zero-order valence-electron chi connectivity index (χ0n) is 14.8. The monoisotopic (exact) mass is 403 g/mol. The third kappa shape index (κ3) is 11.8. The molecule has 25 heavy (non-hydrogen) atoms. The van der Waals surface area contributed by atoms with Gasteiger partial charge in [0.15, 0.2) is 0 Å². The average Bonchev–Trinajstić information content (AvgIpc) is 2.45. The molecule has 0 atom stereocenters. The Labute approximate surface area is 151 Å². The van der Waals surface area contributed by atoms with Crippen LogP contribution in [0.1, 0.15) is 19.3 Å². The van der Waals surface area contributed by atoms with Gasteiger partial charge in [0.05, 0.1) is 51.4 Å². The van der Waals surface area contributed by atoms with Gasteiger partial charge in [-0.3, -0.25) is 14.0 Å². The molecule has 1 fully saturated rings. The van der Waals surface area contributed by atoms with Crippen LogP contribution in [0.4, 0.5) is 0 Å². The van der Waals surface area contributed by atoms with Crippen molar-refractivity contribution in [2.24, 2.45) is 0 Å². The maximum atomic E-state index is 10.9. The molecule has 1 saturated heterocycles. The summed E-state index contributed by atoms with van der Waals surface area (Å²) < 4.78 is 67.2. The fraction of sp³-hybridized carbons (Fsp3) is 1.00. The molecule has 9 nitrogen and oxygen atoms in total. The Morgan fingerprint density at radius 2 is 1.32 bits per heavy atom. The fourth-order valence-electron chi connectivity index (χ4n) is 3.09. The van der Waals surface area contributed by atoms with Crippen molar-refractivity contribution < 1.29 is 35.2 Å². The first-order valence-electron chi connectivity index (χ1n) is 8.53. The van der Waals surface area contributed by atoms with Gasteiger partial charge in [0.25, 0.3) is 20.2 Å². The van der Waals surface area contributed by atoms with Gasteiger partial charge >= 0.3 is 0 Å². The molecule has 1 rings (SSSR count). The molecule has 150 valence electrons. The van der Waals surface area contributed by atoms with Gasteiger partial charge in [0, 0.05) is 38.9 Å². The summed E-state index contributed by atoms with van der Waals surface area (Å²) in [6, 6.07) is 0. The second-order valence-corrected chi connectivity index (χ2v) is 10.0. The molecule has 0 aromatic rings. The smallest absolute Gasteiger partial charge is 0.265 e. The quantitative estimate of drug-likeness (QED) is 0.337.